The second-order valence-corrected chi connectivity index (χ2v) is 7.18. The van der Waals surface area contributed by atoms with Crippen LogP contribution in [0.25, 0.3) is 0 Å². The highest BCUT2D eigenvalue weighted by molar-refractivity contribution is 5.82. The van der Waals surface area contributed by atoms with Crippen molar-refractivity contribution in [2.45, 2.75) is 65.2 Å². The van der Waals surface area contributed by atoms with Gasteiger partial charge in [-0.2, -0.15) is 0 Å². The van der Waals surface area contributed by atoms with Crippen LogP contribution in [0.2, 0.25) is 0 Å². The molecule has 0 aromatic carbocycles. The summed E-state index contributed by atoms with van der Waals surface area (Å²) in [7, 11) is 3.11. The molecule has 0 rings (SSSR count). The minimum Gasteiger partial charge on any atom is -0.444 e. The Balaban J connectivity index is 4.99. The summed E-state index contributed by atoms with van der Waals surface area (Å²) in [5, 5.41) is 2.44. The molecule has 0 aromatic heterocycles. The number of likely N-dealkylation sites (N-methyl/N-ethyl adjacent to an activating group) is 1. The predicted octanol–water partition coefficient (Wildman–Crippen LogP) is 1.27. The molecule has 3 amide bonds. The quantitative estimate of drug-likeness (QED) is 0.644. The number of nitrogens with two attached hydrogens (primary N) is 1. The highest BCUT2D eigenvalue weighted by atomic mass is 16.6. The molecule has 8 heteroatoms. The maximum Gasteiger partial charge on any atom is 0.408 e. The van der Waals surface area contributed by atoms with Crippen molar-refractivity contribution in [1.82, 2.24) is 10.2 Å². The molecule has 0 spiro atoms. The van der Waals surface area contributed by atoms with Crippen LogP contribution in [0.5, 0.6) is 0 Å². The summed E-state index contributed by atoms with van der Waals surface area (Å²) < 4.78 is 10.5. The third kappa shape index (κ3) is 8.72. The van der Waals surface area contributed by atoms with Crippen molar-refractivity contribution in [2.24, 2.45) is 11.7 Å². The molecule has 0 saturated carbocycles. The van der Waals surface area contributed by atoms with E-state index in [9.17, 15) is 14.4 Å². The van der Waals surface area contributed by atoms with Gasteiger partial charge in [-0.15, -0.1) is 0 Å². The number of ether oxygens (including phenoxy) is 2. The van der Waals surface area contributed by atoms with Gasteiger partial charge in [-0.1, -0.05) is 20.3 Å². The zero-order valence-corrected chi connectivity index (χ0v) is 16.4. The molecule has 0 aliphatic heterocycles. The van der Waals surface area contributed by atoms with Crippen LogP contribution in [-0.2, 0) is 19.1 Å². The van der Waals surface area contributed by atoms with Crippen molar-refractivity contribution in [3.05, 3.63) is 0 Å². The second kappa shape index (κ2) is 10.2. The van der Waals surface area contributed by atoms with Crippen molar-refractivity contribution in [3.63, 3.8) is 0 Å². The topological polar surface area (TPSA) is 111 Å². The number of primary amides is 1. The van der Waals surface area contributed by atoms with Gasteiger partial charge in [0.25, 0.3) is 0 Å². The number of rotatable bonds is 9. The molecule has 25 heavy (non-hydrogen) atoms. The van der Waals surface area contributed by atoms with Gasteiger partial charge in [0, 0.05) is 14.2 Å². The van der Waals surface area contributed by atoms with Crippen molar-refractivity contribution >= 4 is 17.9 Å². The number of alkyl carbamates (subject to hydrolysis) is 1. The smallest absolute Gasteiger partial charge is 0.408 e. The lowest BCUT2D eigenvalue weighted by molar-refractivity contribution is -0.137. The summed E-state index contributed by atoms with van der Waals surface area (Å²) in [6.07, 6.45) is -0.360. The van der Waals surface area contributed by atoms with Gasteiger partial charge < -0.3 is 25.4 Å². The monoisotopic (exact) mass is 359 g/mol. The Morgan fingerprint density at radius 1 is 1.24 bits per heavy atom. The van der Waals surface area contributed by atoms with Crippen molar-refractivity contribution < 1.29 is 23.9 Å². The Morgan fingerprint density at radius 3 is 2.20 bits per heavy atom. The summed E-state index contributed by atoms with van der Waals surface area (Å²) in [5.74, 6) is -0.713. The number of hydrogen-bond acceptors (Lipinski definition) is 5. The van der Waals surface area contributed by atoms with Crippen LogP contribution < -0.4 is 11.1 Å². The number of nitrogens with zero attached hydrogens (tertiary/aromatic N) is 1. The lowest BCUT2D eigenvalue weighted by Crippen LogP contribution is -2.52. The van der Waals surface area contributed by atoms with Gasteiger partial charge in [0.05, 0.1) is 18.6 Å². The first-order valence-electron chi connectivity index (χ1n) is 8.46. The fourth-order valence-corrected chi connectivity index (χ4v) is 2.53. The highest BCUT2D eigenvalue weighted by Crippen LogP contribution is 2.21. The van der Waals surface area contributed by atoms with E-state index in [1.807, 2.05) is 13.8 Å². The Labute approximate surface area is 150 Å². The van der Waals surface area contributed by atoms with E-state index in [0.29, 0.717) is 0 Å². The maximum atomic E-state index is 12.5. The summed E-state index contributed by atoms with van der Waals surface area (Å²) in [4.78, 5) is 36.9. The number of amides is 3. The Kier molecular flexibility index (Phi) is 9.48. The second-order valence-electron chi connectivity index (χ2n) is 7.18. The molecule has 3 atom stereocenters. The fourth-order valence-electron chi connectivity index (χ4n) is 2.53. The van der Waals surface area contributed by atoms with Gasteiger partial charge in [0.1, 0.15) is 12.1 Å². The molecule has 0 saturated heterocycles. The molecule has 0 aliphatic rings. The van der Waals surface area contributed by atoms with Crippen molar-refractivity contribution in [3.8, 4) is 0 Å². The molecule has 3 unspecified atom stereocenters. The Bertz CT molecular complexity index is 462. The lowest BCUT2D eigenvalue weighted by Gasteiger charge is -2.37. The third-order valence-corrected chi connectivity index (χ3v) is 3.94. The van der Waals surface area contributed by atoms with Crippen LogP contribution >= 0.6 is 0 Å². The van der Waals surface area contributed by atoms with E-state index in [1.54, 1.807) is 27.8 Å². The first kappa shape index (κ1) is 23.2. The minimum absolute atomic E-state index is 0.0165. The predicted molar refractivity (Wildman–Crippen MR) is 94.9 cm³/mol. The Hall–Kier alpha value is -1.83. The molecule has 0 bridgehead atoms. The van der Waals surface area contributed by atoms with E-state index in [4.69, 9.17) is 15.2 Å². The van der Waals surface area contributed by atoms with Gasteiger partial charge in [-0.05, 0) is 26.7 Å². The van der Waals surface area contributed by atoms with Gasteiger partial charge in [-0.25, -0.2) is 4.79 Å². The zero-order valence-electron chi connectivity index (χ0n) is 16.4. The van der Waals surface area contributed by atoms with Gasteiger partial charge in [0.15, 0.2) is 0 Å². The average molecular weight is 359 g/mol. The van der Waals surface area contributed by atoms with Gasteiger partial charge in [0.2, 0.25) is 11.8 Å². The van der Waals surface area contributed by atoms with Crippen molar-refractivity contribution in [1.29, 1.82) is 0 Å². The molecule has 0 heterocycles. The summed E-state index contributed by atoms with van der Waals surface area (Å²) in [6.45, 7) is 8.99. The first-order valence-corrected chi connectivity index (χ1v) is 8.46. The number of nitrogens with one attached hydrogen (secondary N) is 1. The largest absolute Gasteiger partial charge is 0.444 e. The van der Waals surface area contributed by atoms with E-state index in [2.05, 4.69) is 5.32 Å². The molecular weight excluding hydrogens is 326 g/mol. The minimum atomic E-state index is -0.658. The number of hydrogen-bond donors (Lipinski definition) is 2. The zero-order chi connectivity index (χ0) is 19.8. The van der Waals surface area contributed by atoms with Crippen molar-refractivity contribution in [2.75, 3.05) is 20.7 Å². The summed E-state index contributed by atoms with van der Waals surface area (Å²) >= 11 is 0. The van der Waals surface area contributed by atoms with Crippen LogP contribution in [-0.4, -0.2) is 61.3 Å². The molecule has 8 nitrogen and oxygen atoms in total. The normalized spacial score (nSPS) is 15.0. The summed E-state index contributed by atoms with van der Waals surface area (Å²) in [6, 6.07) is -0.338. The third-order valence-electron chi connectivity index (χ3n) is 3.94. The molecule has 3 N–H and O–H groups in total. The molecule has 0 radical (unpaired) electrons. The van der Waals surface area contributed by atoms with E-state index in [1.165, 1.54) is 12.0 Å². The fraction of sp³-hybridized carbons (Fsp3) is 0.824. The first-order chi connectivity index (χ1) is 11.4. The van der Waals surface area contributed by atoms with Gasteiger partial charge >= 0.3 is 6.09 Å². The number of carbonyl (C=O) groups excluding carboxylic acids is 3. The molecule has 0 aliphatic carbocycles. The number of methoxy groups -OCH3 is 1. The van der Waals surface area contributed by atoms with E-state index in [0.717, 1.165) is 6.42 Å². The maximum absolute atomic E-state index is 12.5. The van der Waals surface area contributed by atoms with Crippen LogP contribution in [0.1, 0.15) is 47.5 Å². The van der Waals surface area contributed by atoms with E-state index in [-0.39, 0.29) is 30.8 Å². The van der Waals surface area contributed by atoms with Crippen LogP contribution in [0.15, 0.2) is 0 Å². The average Bonchev–Trinajstić information content (AvgIpc) is 2.49. The van der Waals surface area contributed by atoms with E-state index < -0.39 is 23.7 Å². The molecule has 146 valence electrons. The molecule has 0 fully saturated rings. The standard InChI is InChI=1S/C17H33N3O5/c1-8-11(2)15(12(24-7)9-13(18)21)20(6)14(22)10-19-16(23)25-17(3,4)5/h11-12,15H,8-10H2,1-7H3,(H2,18,21)(H,19,23). The number of carbonyl (C=O) groups is 3. The molecular formula is C17H33N3O5. The van der Waals surface area contributed by atoms with Gasteiger partial charge in [-0.3, -0.25) is 9.59 Å². The van der Waals surface area contributed by atoms with Crippen LogP contribution in [0.3, 0.4) is 0 Å². The lowest BCUT2D eigenvalue weighted by atomic mass is 9.91. The van der Waals surface area contributed by atoms with Crippen LogP contribution in [0.4, 0.5) is 4.79 Å². The highest BCUT2D eigenvalue weighted by Gasteiger charge is 2.33. The SMILES string of the molecule is CCC(C)C(C(CC(N)=O)OC)N(C)C(=O)CNC(=O)OC(C)(C)C. The van der Waals surface area contributed by atoms with E-state index >= 15 is 0 Å². The molecule has 0 aromatic rings. The Morgan fingerprint density at radius 2 is 1.80 bits per heavy atom. The van der Waals surface area contributed by atoms with Crippen LogP contribution in [0, 0.1) is 5.92 Å². The summed E-state index contributed by atoms with van der Waals surface area (Å²) in [5.41, 5.74) is 4.65.